The third kappa shape index (κ3) is 2.73. The summed E-state index contributed by atoms with van der Waals surface area (Å²) in [6.07, 6.45) is 7.92. The van der Waals surface area contributed by atoms with E-state index < -0.39 is 5.97 Å². The Morgan fingerprint density at radius 1 is 1.38 bits per heavy atom. The molecular weight excluding hydrogens is 310 g/mol. The van der Waals surface area contributed by atoms with Crippen LogP contribution in [0.15, 0.2) is 16.7 Å². The van der Waals surface area contributed by atoms with Gasteiger partial charge in [0.2, 0.25) is 0 Å². The zero-order valence-electron chi connectivity index (χ0n) is 14.3. The number of carbonyl (C=O) groups is 2. The molecule has 6 nitrogen and oxygen atoms in total. The van der Waals surface area contributed by atoms with E-state index in [2.05, 4.69) is 0 Å². The molecule has 24 heavy (non-hydrogen) atoms. The number of nitrogens with zero attached hydrogens (tertiary/aromatic N) is 1. The first-order valence-electron chi connectivity index (χ1n) is 8.70. The summed E-state index contributed by atoms with van der Waals surface area (Å²) in [6.45, 7) is 2.70. The van der Waals surface area contributed by atoms with Gasteiger partial charge in [-0.2, -0.15) is 0 Å². The maximum atomic E-state index is 12.7. The average Bonchev–Trinajstić information content (AvgIpc) is 3.08. The van der Waals surface area contributed by atoms with Gasteiger partial charge in [-0.25, -0.2) is 4.79 Å². The third-order valence-corrected chi connectivity index (χ3v) is 5.74. The van der Waals surface area contributed by atoms with Crippen molar-refractivity contribution in [1.82, 2.24) is 4.90 Å². The number of aromatic carboxylic acids is 1. The predicted molar refractivity (Wildman–Crippen MR) is 87.1 cm³/mol. The van der Waals surface area contributed by atoms with Crippen molar-refractivity contribution in [3.63, 3.8) is 0 Å². The second-order valence-corrected chi connectivity index (χ2v) is 6.91. The van der Waals surface area contributed by atoms with E-state index in [0.717, 1.165) is 25.5 Å². The van der Waals surface area contributed by atoms with Gasteiger partial charge < -0.3 is 19.2 Å². The van der Waals surface area contributed by atoms with E-state index in [1.165, 1.54) is 25.3 Å². The fraction of sp³-hybridized carbons (Fsp3) is 0.667. The van der Waals surface area contributed by atoms with E-state index in [1.807, 2.05) is 6.92 Å². The van der Waals surface area contributed by atoms with Crippen LogP contribution < -0.4 is 0 Å². The Morgan fingerprint density at radius 3 is 2.67 bits per heavy atom. The smallest absolute Gasteiger partial charge is 0.338 e. The first kappa shape index (κ1) is 17.0. The van der Waals surface area contributed by atoms with E-state index in [0.29, 0.717) is 6.61 Å². The topological polar surface area (TPSA) is 80.0 Å². The Kier molecular flexibility index (Phi) is 4.67. The highest BCUT2D eigenvalue weighted by Gasteiger charge is 2.58. The van der Waals surface area contributed by atoms with Gasteiger partial charge in [-0.05, 0) is 26.2 Å². The largest absolute Gasteiger partial charge is 0.478 e. The molecule has 2 aliphatic carbocycles. The van der Waals surface area contributed by atoms with E-state index in [4.69, 9.17) is 14.3 Å². The lowest BCUT2D eigenvalue weighted by atomic mass is 9.54. The van der Waals surface area contributed by atoms with E-state index >= 15 is 0 Å². The summed E-state index contributed by atoms with van der Waals surface area (Å²) in [5.74, 6) is -1.27. The quantitative estimate of drug-likeness (QED) is 0.894. The summed E-state index contributed by atoms with van der Waals surface area (Å²) >= 11 is 0. The highest BCUT2D eigenvalue weighted by atomic mass is 16.5. The molecule has 132 valence electrons. The van der Waals surface area contributed by atoms with Crippen molar-refractivity contribution < 1.29 is 23.8 Å². The molecule has 1 amide bonds. The van der Waals surface area contributed by atoms with E-state index in [1.54, 1.807) is 11.9 Å². The van der Waals surface area contributed by atoms with Crippen LogP contribution in [0.25, 0.3) is 0 Å². The van der Waals surface area contributed by atoms with Gasteiger partial charge in [0.15, 0.2) is 5.76 Å². The van der Waals surface area contributed by atoms with Gasteiger partial charge in [0.25, 0.3) is 5.91 Å². The van der Waals surface area contributed by atoms with Crippen molar-refractivity contribution in [2.75, 3.05) is 13.7 Å². The SMILES string of the molecule is CCOC1CC(N(C)C(=O)c2cc(C(=O)O)co2)C12CCCCC2. The van der Waals surface area contributed by atoms with Crippen LogP contribution in [0.1, 0.15) is 66.4 Å². The highest BCUT2D eigenvalue weighted by Crippen LogP contribution is 2.55. The predicted octanol–water partition coefficient (Wildman–Crippen LogP) is 3.18. The summed E-state index contributed by atoms with van der Waals surface area (Å²) in [6, 6.07) is 1.42. The van der Waals surface area contributed by atoms with Gasteiger partial charge in [-0.3, -0.25) is 4.79 Å². The molecule has 3 rings (SSSR count). The minimum Gasteiger partial charge on any atom is -0.478 e. The number of furan rings is 1. The number of carbonyl (C=O) groups excluding carboxylic acids is 1. The van der Waals surface area contributed by atoms with E-state index in [-0.39, 0.29) is 34.8 Å². The van der Waals surface area contributed by atoms with Crippen molar-refractivity contribution in [3.8, 4) is 0 Å². The van der Waals surface area contributed by atoms with Crippen LogP contribution in [-0.2, 0) is 4.74 Å². The Balaban J connectivity index is 1.76. The fourth-order valence-electron chi connectivity index (χ4n) is 4.45. The number of hydrogen-bond donors (Lipinski definition) is 1. The van der Waals surface area contributed by atoms with Gasteiger partial charge >= 0.3 is 5.97 Å². The Morgan fingerprint density at radius 2 is 2.08 bits per heavy atom. The first-order valence-corrected chi connectivity index (χ1v) is 8.70. The Hall–Kier alpha value is -1.82. The maximum Gasteiger partial charge on any atom is 0.338 e. The second-order valence-electron chi connectivity index (χ2n) is 6.91. The summed E-state index contributed by atoms with van der Waals surface area (Å²) in [5, 5.41) is 8.98. The van der Waals surface area contributed by atoms with Crippen molar-refractivity contribution in [2.24, 2.45) is 5.41 Å². The van der Waals surface area contributed by atoms with Crippen molar-refractivity contribution in [3.05, 3.63) is 23.7 Å². The Labute approximate surface area is 141 Å². The van der Waals surface area contributed by atoms with Crippen LogP contribution in [0.4, 0.5) is 0 Å². The zero-order valence-corrected chi connectivity index (χ0v) is 14.3. The molecule has 0 bridgehead atoms. The summed E-state index contributed by atoms with van der Waals surface area (Å²) < 4.78 is 11.1. The monoisotopic (exact) mass is 335 g/mol. The summed E-state index contributed by atoms with van der Waals surface area (Å²) in [7, 11) is 1.79. The molecule has 2 unspecified atom stereocenters. The minimum absolute atomic E-state index is 0.0000630. The number of ether oxygens (including phenoxy) is 1. The van der Waals surface area contributed by atoms with Gasteiger partial charge in [0, 0.05) is 31.2 Å². The number of carboxylic acids is 1. The molecule has 1 aromatic rings. The normalized spacial score (nSPS) is 25.2. The molecule has 2 atom stereocenters. The molecule has 0 saturated heterocycles. The fourth-order valence-corrected chi connectivity index (χ4v) is 4.45. The first-order chi connectivity index (χ1) is 11.5. The standard InChI is InChI=1S/C18H25NO5/c1-3-23-15-10-14(18(15)7-5-4-6-8-18)19(2)16(20)13-9-12(11-24-13)17(21)22/h9,11,14-15H,3-8,10H2,1-2H3,(H,21,22). The molecule has 1 N–H and O–H groups in total. The number of hydrogen-bond acceptors (Lipinski definition) is 4. The summed E-state index contributed by atoms with van der Waals surface area (Å²) in [4.78, 5) is 25.4. The molecule has 0 aliphatic heterocycles. The lowest BCUT2D eigenvalue weighted by Gasteiger charge is -2.60. The molecule has 1 aromatic heterocycles. The second kappa shape index (κ2) is 6.59. The van der Waals surface area contributed by atoms with Crippen LogP contribution in [0, 0.1) is 5.41 Å². The van der Waals surface area contributed by atoms with Crippen molar-refractivity contribution in [2.45, 2.75) is 57.6 Å². The van der Waals surface area contributed by atoms with Crippen LogP contribution in [0.3, 0.4) is 0 Å². The molecular formula is C18H25NO5. The third-order valence-electron chi connectivity index (χ3n) is 5.74. The van der Waals surface area contributed by atoms with Gasteiger partial charge in [-0.15, -0.1) is 0 Å². The summed E-state index contributed by atoms with van der Waals surface area (Å²) in [5.41, 5.74) is 0.0425. The Bertz CT molecular complexity index is 617. The molecule has 2 saturated carbocycles. The number of amides is 1. The van der Waals surface area contributed by atoms with Gasteiger partial charge in [0.05, 0.1) is 11.7 Å². The minimum atomic E-state index is -1.09. The molecule has 1 heterocycles. The zero-order chi connectivity index (χ0) is 17.3. The highest BCUT2D eigenvalue weighted by molar-refractivity contribution is 5.95. The van der Waals surface area contributed by atoms with Crippen molar-refractivity contribution >= 4 is 11.9 Å². The lowest BCUT2D eigenvalue weighted by Crippen LogP contribution is -2.65. The number of carboxylic acid groups (broad SMARTS) is 1. The van der Waals surface area contributed by atoms with Crippen LogP contribution >= 0.6 is 0 Å². The molecule has 1 spiro atoms. The molecule has 6 heteroatoms. The van der Waals surface area contributed by atoms with Crippen LogP contribution in [0.2, 0.25) is 0 Å². The van der Waals surface area contributed by atoms with Crippen LogP contribution in [-0.4, -0.2) is 47.7 Å². The molecule has 2 aliphatic rings. The molecule has 2 fully saturated rings. The van der Waals surface area contributed by atoms with Gasteiger partial charge in [-0.1, -0.05) is 19.3 Å². The van der Waals surface area contributed by atoms with Crippen molar-refractivity contribution in [1.29, 1.82) is 0 Å². The maximum absolute atomic E-state index is 12.7. The van der Waals surface area contributed by atoms with E-state index in [9.17, 15) is 9.59 Å². The van der Waals surface area contributed by atoms with Gasteiger partial charge in [0.1, 0.15) is 6.26 Å². The average molecular weight is 335 g/mol. The lowest BCUT2D eigenvalue weighted by molar-refractivity contribution is -0.170. The van der Waals surface area contributed by atoms with Crippen LogP contribution in [0.5, 0.6) is 0 Å². The molecule has 0 radical (unpaired) electrons. The number of rotatable bonds is 5. The molecule has 0 aromatic carbocycles.